The SMILES string of the molecule is COC(=O)c1ccc(OC(C)C)c(C#N)c1.COC(=O)c1ccc(OC(C)C)c(C#N)c1.[Na+].[OH-]. The number of ether oxygens (including phenoxy) is 4. The smallest absolute Gasteiger partial charge is 0.870 e. The van der Waals surface area contributed by atoms with E-state index < -0.39 is 11.9 Å². The molecule has 0 amide bonds. The summed E-state index contributed by atoms with van der Waals surface area (Å²) >= 11 is 0. The minimum atomic E-state index is -0.465. The van der Waals surface area contributed by atoms with Crippen molar-refractivity contribution in [3.05, 3.63) is 58.7 Å². The van der Waals surface area contributed by atoms with Gasteiger partial charge in [0.15, 0.2) is 0 Å². The first kappa shape index (κ1) is 33.1. The third kappa shape index (κ3) is 10.2. The van der Waals surface area contributed by atoms with Crippen LogP contribution in [0, 0.1) is 22.7 Å². The van der Waals surface area contributed by atoms with Gasteiger partial charge < -0.3 is 24.4 Å². The van der Waals surface area contributed by atoms with Crippen molar-refractivity contribution in [2.24, 2.45) is 0 Å². The molecule has 0 aromatic heterocycles. The molecule has 0 unspecified atom stereocenters. The van der Waals surface area contributed by atoms with Gasteiger partial charge in [-0.3, -0.25) is 0 Å². The molecule has 2 aromatic carbocycles. The Morgan fingerprint density at radius 2 is 1.06 bits per heavy atom. The van der Waals surface area contributed by atoms with Gasteiger partial charge in [-0.1, -0.05) is 0 Å². The van der Waals surface area contributed by atoms with Gasteiger partial charge in [0, 0.05) is 0 Å². The van der Waals surface area contributed by atoms with Crippen LogP contribution >= 0.6 is 0 Å². The van der Waals surface area contributed by atoms with Crippen molar-refractivity contribution < 1.29 is 63.6 Å². The van der Waals surface area contributed by atoms with Crippen LogP contribution in [-0.4, -0.2) is 43.8 Å². The first-order chi connectivity index (χ1) is 15.2. The monoisotopic (exact) mass is 478 g/mol. The Kier molecular flexibility index (Phi) is 16.1. The molecule has 0 heterocycles. The van der Waals surface area contributed by atoms with E-state index in [9.17, 15) is 9.59 Å². The number of methoxy groups -OCH3 is 2. The fourth-order valence-corrected chi connectivity index (χ4v) is 2.44. The van der Waals surface area contributed by atoms with Crippen LogP contribution in [0.25, 0.3) is 0 Å². The predicted octanol–water partition coefficient (Wildman–Crippen LogP) is 1.09. The Morgan fingerprint density at radius 1 is 0.735 bits per heavy atom. The second-order valence-electron chi connectivity index (χ2n) is 6.96. The van der Waals surface area contributed by atoms with Crippen molar-refractivity contribution in [2.75, 3.05) is 14.2 Å². The molecule has 0 aliphatic rings. The number of carbonyl (C=O) groups is 2. The largest absolute Gasteiger partial charge is 1.00 e. The Labute approximate surface area is 221 Å². The van der Waals surface area contributed by atoms with E-state index >= 15 is 0 Å². The zero-order valence-electron chi connectivity index (χ0n) is 20.4. The van der Waals surface area contributed by atoms with E-state index in [0.29, 0.717) is 33.8 Å². The maximum absolute atomic E-state index is 11.2. The molecule has 0 bridgehead atoms. The molecule has 0 atom stereocenters. The minimum Gasteiger partial charge on any atom is -0.870 e. The fraction of sp³-hybridized carbons (Fsp3) is 0.333. The van der Waals surface area contributed by atoms with Crippen LogP contribution in [0.5, 0.6) is 11.5 Å². The molecule has 0 aliphatic carbocycles. The summed E-state index contributed by atoms with van der Waals surface area (Å²) in [5.41, 5.74) is 1.35. The summed E-state index contributed by atoms with van der Waals surface area (Å²) in [5, 5.41) is 17.9. The molecule has 10 heteroatoms. The average Bonchev–Trinajstić information content (AvgIpc) is 2.78. The van der Waals surface area contributed by atoms with E-state index in [1.165, 1.54) is 26.4 Å². The van der Waals surface area contributed by atoms with E-state index in [2.05, 4.69) is 9.47 Å². The third-order valence-electron chi connectivity index (χ3n) is 3.77. The Morgan fingerprint density at radius 3 is 1.29 bits per heavy atom. The van der Waals surface area contributed by atoms with Crippen molar-refractivity contribution in [3.8, 4) is 23.6 Å². The van der Waals surface area contributed by atoms with Crippen molar-refractivity contribution in [1.29, 1.82) is 10.5 Å². The van der Waals surface area contributed by atoms with E-state index in [1.807, 2.05) is 39.8 Å². The summed E-state index contributed by atoms with van der Waals surface area (Å²) in [6, 6.07) is 13.3. The number of hydrogen-bond donors (Lipinski definition) is 0. The maximum Gasteiger partial charge on any atom is 1.00 e. The number of carbonyl (C=O) groups excluding carboxylic acids is 2. The quantitative estimate of drug-likeness (QED) is 0.439. The van der Waals surface area contributed by atoms with Crippen molar-refractivity contribution in [3.63, 3.8) is 0 Å². The number of rotatable bonds is 6. The molecular formula is C24H27N2NaO7. The van der Waals surface area contributed by atoms with Gasteiger partial charge in [-0.15, -0.1) is 0 Å². The van der Waals surface area contributed by atoms with Crippen molar-refractivity contribution >= 4 is 11.9 Å². The Bertz CT molecular complexity index is 957. The number of hydrogen-bond acceptors (Lipinski definition) is 9. The van der Waals surface area contributed by atoms with Gasteiger partial charge in [0.1, 0.15) is 23.6 Å². The number of nitrogens with zero attached hydrogens (tertiary/aromatic N) is 2. The zero-order chi connectivity index (χ0) is 24.3. The predicted molar refractivity (Wildman–Crippen MR) is 118 cm³/mol. The van der Waals surface area contributed by atoms with Crippen molar-refractivity contribution in [1.82, 2.24) is 0 Å². The summed E-state index contributed by atoms with van der Waals surface area (Å²) in [6.07, 6.45) is -0.0350. The van der Waals surface area contributed by atoms with Crippen LogP contribution in [0.1, 0.15) is 59.5 Å². The number of esters is 2. The second kappa shape index (κ2) is 16.5. The molecule has 2 aromatic rings. The standard InChI is InChI=1S/2C12H13NO3.Na.H2O/c2*1-8(2)16-11-5-4-9(12(14)15-3)6-10(11)7-13;;/h2*4-6,8H,1-3H3;;1H2/q;;+1;/p-1. The van der Waals surface area contributed by atoms with Crippen LogP contribution in [0.15, 0.2) is 36.4 Å². The second-order valence-corrected chi connectivity index (χ2v) is 6.96. The summed E-state index contributed by atoms with van der Waals surface area (Å²) < 4.78 is 20.0. The molecule has 1 N–H and O–H groups in total. The van der Waals surface area contributed by atoms with Crippen LogP contribution < -0.4 is 39.0 Å². The molecule has 0 fully saturated rings. The molecule has 0 spiro atoms. The molecule has 176 valence electrons. The van der Waals surface area contributed by atoms with Gasteiger partial charge in [0.05, 0.1) is 48.7 Å². The molecule has 34 heavy (non-hydrogen) atoms. The molecule has 2 rings (SSSR count). The van der Waals surface area contributed by atoms with Crippen LogP contribution in [0.2, 0.25) is 0 Å². The van der Waals surface area contributed by atoms with Gasteiger partial charge in [-0.05, 0) is 64.1 Å². The molecule has 9 nitrogen and oxygen atoms in total. The molecule has 0 aliphatic heterocycles. The molecular weight excluding hydrogens is 451 g/mol. The van der Waals surface area contributed by atoms with E-state index in [-0.39, 0.29) is 47.2 Å². The van der Waals surface area contributed by atoms with Crippen LogP contribution in [-0.2, 0) is 9.47 Å². The number of benzene rings is 2. The van der Waals surface area contributed by atoms with Gasteiger partial charge in [-0.2, -0.15) is 10.5 Å². The van der Waals surface area contributed by atoms with Gasteiger partial charge >= 0.3 is 41.5 Å². The molecule has 0 saturated carbocycles. The van der Waals surface area contributed by atoms with Gasteiger partial charge in [-0.25, -0.2) is 9.59 Å². The van der Waals surface area contributed by atoms with Crippen molar-refractivity contribution in [2.45, 2.75) is 39.9 Å². The molecule has 0 radical (unpaired) electrons. The molecule has 0 saturated heterocycles. The average molecular weight is 478 g/mol. The van der Waals surface area contributed by atoms with E-state index in [0.717, 1.165) is 0 Å². The number of nitriles is 2. The topological polar surface area (TPSA) is 149 Å². The van der Waals surface area contributed by atoms with E-state index in [1.54, 1.807) is 24.3 Å². The van der Waals surface area contributed by atoms with E-state index in [4.69, 9.17) is 20.0 Å². The van der Waals surface area contributed by atoms with Gasteiger partial charge in [0.25, 0.3) is 0 Å². The maximum atomic E-state index is 11.2. The normalized spacial score (nSPS) is 9.12. The minimum absolute atomic E-state index is 0. The zero-order valence-corrected chi connectivity index (χ0v) is 22.4. The van der Waals surface area contributed by atoms with Crippen LogP contribution in [0.3, 0.4) is 0 Å². The van der Waals surface area contributed by atoms with Gasteiger partial charge in [0.2, 0.25) is 0 Å². The Hall–Kier alpha value is -3.08. The summed E-state index contributed by atoms with van der Waals surface area (Å²) in [6.45, 7) is 7.48. The first-order valence-corrected chi connectivity index (χ1v) is 9.75. The first-order valence-electron chi connectivity index (χ1n) is 9.75. The third-order valence-corrected chi connectivity index (χ3v) is 3.77. The Balaban J connectivity index is 0. The summed E-state index contributed by atoms with van der Waals surface area (Å²) in [7, 11) is 2.60. The summed E-state index contributed by atoms with van der Waals surface area (Å²) in [5.74, 6) is 0.0236. The summed E-state index contributed by atoms with van der Waals surface area (Å²) in [4.78, 5) is 22.5. The van der Waals surface area contributed by atoms with Crippen LogP contribution in [0.4, 0.5) is 0 Å². The fourth-order valence-electron chi connectivity index (χ4n) is 2.44.